The second-order valence-electron chi connectivity index (χ2n) is 3.84. The van der Waals surface area contributed by atoms with Gasteiger partial charge in [0, 0.05) is 16.1 Å². The van der Waals surface area contributed by atoms with Gasteiger partial charge in [-0.3, -0.25) is 0 Å². The van der Waals surface area contributed by atoms with Gasteiger partial charge in [-0.15, -0.1) is 0 Å². The molecule has 2 aromatic carbocycles. The quantitative estimate of drug-likeness (QED) is 0.476. The molecule has 0 radical (unpaired) electrons. The van der Waals surface area contributed by atoms with Crippen LogP contribution in [0.4, 0.5) is 0 Å². The Morgan fingerprint density at radius 2 is 1.69 bits per heavy atom. The Kier molecular flexibility index (Phi) is 2.37. The minimum absolute atomic E-state index is 0.872. The molecule has 0 fully saturated rings. The molecule has 1 heterocycles. The van der Waals surface area contributed by atoms with Crippen molar-refractivity contribution in [3.63, 3.8) is 0 Å². The standard InChI is InChI=1S/C14H10BrN/c15-9-10-5-6-12-8-11-3-1-2-4-13(11)16-14(12)7-10/h1-8H,9H2. The molecule has 16 heavy (non-hydrogen) atoms. The summed E-state index contributed by atoms with van der Waals surface area (Å²) in [4.78, 5) is 4.67. The lowest BCUT2D eigenvalue weighted by atomic mass is 10.1. The number of hydrogen-bond acceptors (Lipinski definition) is 1. The number of aromatic nitrogens is 1. The van der Waals surface area contributed by atoms with Crippen LogP contribution in [-0.2, 0) is 5.33 Å². The molecule has 0 atom stereocenters. The van der Waals surface area contributed by atoms with Crippen LogP contribution in [-0.4, -0.2) is 4.98 Å². The van der Waals surface area contributed by atoms with Gasteiger partial charge >= 0.3 is 0 Å². The van der Waals surface area contributed by atoms with Crippen molar-refractivity contribution in [3.05, 3.63) is 54.1 Å². The molecule has 0 aliphatic carbocycles. The molecule has 0 saturated heterocycles. The molecule has 1 nitrogen and oxygen atoms in total. The van der Waals surface area contributed by atoms with E-state index >= 15 is 0 Å². The molecule has 3 rings (SSSR count). The molecule has 0 amide bonds. The largest absolute Gasteiger partial charge is 0.248 e. The average Bonchev–Trinajstić information content (AvgIpc) is 2.35. The number of halogens is 1. The number of para-hydroxylation sites is 1. The Bertz CT molecular complexity index is 661. The molecule has 0 aliphatic heterocycles. The summed E-state index contributed by atoms with van der Waals surface area (Å²) in [7, 11) is 0. The van der Waals surface area contributed by atoms with E-state index in [1.165, 1.54) is 16.3 Å². The fourth-order valence-corrected chi connectivity index (χ4v) is 2.25. The van der Waals surface area contributed by atoms with E-state index in [9.17, 15) is 0 Å². The fourth-order valence-electron chi connectivity index (χ4n) is 1.90. The molecule has 0 saturated carbocycles. The van der Waals surface area contributed by atoms with Crippen LogP contribution in [0.15, 0.2) is 48.5 Å². The first kappa shape index (κ1) is 9.79. The van der Waals surface area contributed by atoms with Crippen molar-refractivity contribution in [1.29, 1.82) is 0 Å². The summed E-state index contributed by atoms with van der Waals surface area (Å²) in [6.07, 6.45) is 0. The van der Waals surface area contributed by atoms with E-state index in [4.69, 9.17) is 0 Å². The van der Waals surface area contributed by atoms with Crippen LogP contribution in [0, 0.1) is 0 Å². The number of pyridine rings is 1. The molecule has 1 aromatic heterocycles. The molecular formula is C14H10BrN. The zero-order chi connectivity index (χ0) is 11.0. The van der Waals surface area contributed by atoms with Crippen molar-refractivity contribution in [2.45, 2.75) is 5.33 Å². The minimum Gasteiger partial charge on any atom is -0.248 e. The van der Waals surface area contributed by atoms with E-state index in [1.807, 2.05) is 12.1 Å². The minimum atomic E-state index is 0.872. The van der Waals surface area contributed by atoms with E-state index in [1.54, 1.807) is 0 Å². The number of rotatable bonds is 1. The van der Waals surface area contributed by atoms with Gasteiger partial charge in [-0.25, -0.2) is 4.98 Å². The third-order valence-electron chi connectivity index (χ3n) is 2.74. The predicted octanol–water partition coefficient (Wildman–Crippen LogP) is 4.28. The second-order valence-corrected chi connectivity index (χ2v) is 4.40. The second kappa shape index (κ2) is 3.87. The topological polar surface area (TPSA) is 12.9 Å². The molecule has 78 valence electrons. The molecule has 0 N–H and O–H groups in total. The highest BCUT2D eigenvalue weighted by Crippen LogP contribution is 2.21. The van der Waals surface area contributed by atoms with E-state index in [2.05, 4.69) is 57.3 Å². The van der Waals surface area contributed by atoms with Gasteiger partial charge in [-0.2, -0.15) is 0 Å². The predicted molar refractivity (Wildman–Crippen MR) is 71.9 cm³/mol. The van der Waals surface area contributed by atoms with Gasteiger partial charge in [0.25, 0.3) is 0 Å². The monoisotopic (exact) mass is 271 g/mol. The van der Waals surface area contributed by atoms with Gasteiger partial charge in [0.15, 0.2) is 0 Å². The third kappa shape index (κ3) is 1.59. The van der Waals surface area contributed by atoms with Crippen LogP contribution >= 0.6 is 15.9 Å². The van der Waals surface area contributed by atoms with Crippen molar-refractivity contribution in [2.24, 2.45) is 0 Å². The molecular weight excluding hydrogens is 262 g/mol. The van der Waals surface area contributed by atoms with Crippen LogP contribution in [0.1, 0.15) is 5.56 Å². The Morgan fingerprint density at radius 3 is 2.56 bits per heavy atom. The summed E-state index contributed by atoms with van der Waals surface area (Å²) >= 11 is 3.47. The van der Waals surface area contributed by atoms with Gasteiger partial charge in [0.05, 0.1) is 11.0 Å². The van der Waals surface area contributed by atoms with Crippen molar-refractivity contribution < 1.29 is 0 Å². The van der Waals surface area contributed by atoms with Crippen molar-refractivity contribution in [3.8, 4) is 0 Å². The lowest BCUT2D eigenvalue weighted by molar-refractivity contribution is 1.42. The Balaban J connectivity index is 2.37. The number of alkyl halides is 1. The lowest BCUT2D eigenvalue weighted by Crippen LogP contribution is -1.84. The summed E-state index contributed by atoms with van der Waals surface area (Å²) in [6, 6.07) is 16.8. The maximum absolute atomic E-state index is 4.67. The van der Waals surface area contributed by atoms with Crippen LogP contribution in [0.25, 0.3) is 21.8 Å². The molecule has 0 unspecified atom stereocenters. The summed E-state index contributed by atoms with van der Waals surface area (Å²) < 4.78 is 0. The Labute approximate surface area is 102 Å². The number of fused-ring (bicyclic) bond motifs is 2. The molecule has 0 bridgehead atoms. The summed E-state index contributed by atoms with van der Waals surface area (Å²) in [6.45, 7) is 0. The lowest BCUT2D eigenvalue weighted by Gasteiger charge is -2.02. The van der Waals surface area contributed by atoms with E-state index in [0.717, 1.165) is 16.4 Å². The van der Waals surface area contributed by atoms with Crippen LogP contribution in [0.5, 0.6) is 0 Å². The normalized spacial score (nSPS) is 11.1. The van der Waals surface area contributed by atoms with E-state index in [-0.39, 0.29) is 0 Å². The van der Waals surface area contributed by atoms with Gasteiger partial charge < -0.3 is 0 Å². The third-order valence-corrected chi connectivity index (χ3v) is 3.39. The highest BCUT2D eigenvalue weighted by Gasteiger charge is 2.00. The van der Waals surface area contributed by atoms with Crippen molar-refractivity contribution >= 4 is 37.7 Å². The zero-order valence-corrected chi connectivity index (χ0v) is 10.2. The summed E-state index contributed by atoms with van der Waals surface area (Å²) in [5.41, 5.74) is 3.38. The van der Waals surface area contributed by atoms with Gasteiger partial charge in [0.2, 0.25) is 0 Å². The maximum Gasteiger partial charge on any atom is 0.0712 e. The number of benzene rings is 2. The molecule has 3 aromatic rings. The van der Waals surface area contributed by atoms with Crippen molar-refractivity contribution in [2.75, 3.05) is 0 Å². The maximum atomic E-state index is 4.67. The van der Waals surface area contributed by atoms with E-state index in [0.29, 0.717) is 0 Å². The SMILES string of the molecule is BrCc1ccc2cc3ccccc3nc2c1. The summed E-state index contributed by atoms with van der Waals surface area (Å²) in [5.74, 6) is 0. The first-order valence-corrected chi connectivity index (χ1v) is 6.33. The first-order valence-electron chi connectivity index (χ1n) is 5.21. The van der Waals surface area contributed by atoms with Crippen LogP contribution in [0.3, 0.4) is 0 Å². The molecule has 2 heteroatoms. The number of hydrogen-bond donors (Lipinski definition) is 0. The highest BCUT2D eigenvalue weighted by atomic mass is 79.9. The van der Waals surface area contributed by atoms with Crippen LogP contribution in [0.2, 0.25) is 0 Å². The fraction of sp³-hybridized carbons (Fsp3) is 0.0714. The summed E-state index contributed by atoms with van der Waals surface area (Å²) in [5, 5.41) is 3.27. The average molecular weight is 272 g/mol. The number of nitrogens with zero attached hydrogens (tertiary/aromatic N) is 1. The van der Waals surface area contributed by atoms with Gasteiger partial charge in [0.1, 0.15) is 0 Å². The smallest absolute Gasteiger partial charge is 0.0712 e. The molecule has 0 spiro atoms. The first-order chi connectivity index (χ1) is 7.86. The zero-order valence-electron chi connectivity index (χ0n) is 8.65. The van der Waals surface area contributed by atoms with Crippen LogP contribution < -0.4 is 0 Å². The van der Waals surface area contributed by atoms with E-state index < -0.39 is 0 Å². The van der Waals surface area contributed by atoms with Gasteiger partial charge in [-0.05, 0) is 23.8 Å². The Morgan fingerprint density at radius 1 is 0.875 bits per heavy atom. The van der Waals surface area contributed by atoms with Gasteiger partial charge in [-0.1, -0.05) is 46.3 Å². The Hall–Kier alpha value is -1.41. The highest BCUT2D eigenvalue weighted by molar-refractivity contribution is 9.08. The van der Waals surface area contributed by atoms with Crippen molar-refractivity contribution in [1.82, 2.24) is 4.98 Å². The molecule has 0 aliphatic rings.